The molecule has 3 aromatic heterocycles. The molecule has 0 aliphatic heterocycles. The van der Waals surface area contributed by atoms with Gasteiger partial charge in [-0.15, -0.1) is 11.3 Å². The fourth-order valence-corrected chi connectivity index (χ4v) is 10.2. The summed E-state index contributed by atoms with van der Waals surface area (Å²) in [6.45, 7) is 0. The minimum atomic E-state index is 1.16. The molecular weight excluding hydrogens is 709 g/mol. The lowest BCUT2D eigenvalue weighted by atomic mass is 9.99. The van der Waals surface area contributed by atoms with Gasteiger partial charge >= 0.3 is 0 Å². The lowest BCUT2D eigenvalue weighted by molar-refractivity contribution is 1.18. The normalized spacial score (nSPS) is 11.9. The second kappa shape index (κ2) is 12.7. The van der Waals surface area contributed by atoms with Crippen LogP contribution in [0.5, 0.6) is 0 Å². The molecule has 0 bridgehead atoms. The van der Waals surface area contributed by atoms with E-state index in [1.807, 2.05) is 11.3 Å². The summed E-state index contributed by atoms with van der Waals surface area (Å²) < 4.78 is 7.47. The summed E-state index contributed by atoms with van der Waals surface area (Å²) in [5.41, 5.74) is 14.6. The molecular formula is C54H34N2S. The zero-order chi connectivity index (χ0) is 37.5. The molecule has 0 saturated heterocycles. The largest absolute Gasteiger partial charge is 0.309 e. The van der Waals surface area contributed by atoms with Crippen molar-refractivity contribution in [3.8, 4) is 44.8 Å². The van der Waals surface area contributed by atoms with Crippen molar-refractivity contribution in [3.63, 3.8) is 0 Å². The lowest BCUT2D eigenvalue weighted by Gasteiger charge is -2.11. The number of thiophene rings is 1. The molecule has 266 valence electrons. The lowest BCUT2D eigenvalue weighted by Crippen LogP contribution is -1.94. The second-order valence-electron chi connectivity index (χ2n) is 14.9. The van der Waals surface area contributed by atoms with Crippen molar-refractivity contribution in [1.29, 1.82) is 0 Å². The van der Waals surface area contributed by atoms with Crippen molar-refractivity contribution >= 4 is 75.1 Å². The Kier molecular flexibility index (Phi) is 7.13. The molecule has 9 aromatic carbocycles. The predicted octanol–water partition coefficient (Wildman–Crippen LogP) is 15.2. The van der Waals surface area contributed by atoms with E-state index in [1.165, 1.54) is 103 Å². The number of benzene rings is 9. The first-order chi connectivity index (χ1) is 28.3. The Morgan fingerprint density at radius 2 is 0.789 bits per heavy atom. The van der Waals surface area contributed by atoms with Gasteiger partial charge in [0.25, 0.3) is 0 Å². The molecule has 12 aromatic rings. The number of nitrogens with zero attached hydrogens (tertiary/aromatic N) is 2. The molecule has 12 rings (SSSR count). The van der Waals surface area contributed by atoms with Gasteiger partial charge in [0.05, 0.1) is 22.1 Å². The average Bonchev–Trinajstić information content (AvgIpc) is 3.94. The van der Waals surface area contributed by atoms with Crippen molar-refractivity contribution in [2.45, 2.75) is 0 Å². The van der Waals surface area contributed by atoms with Crippen LogP contribution in [-0.2, 0) is 0 Å². The Bertz CT molecular complexity index is 3490. The van der Waals surface area contributed by atoms with Crippen LogP contribution in [-0.4, -0.2) is 9.13 Å². The standard InChI is InChI=1S/C54H34N2S/c1-3-12-35(13-4-1)36-22-26-40(27-23-36)55-48-19-9-7-16-43(48)45-32-38(24-29-50(45)55)39-25-30-51-46(33-39)44-17-8-10-20-49(44)56(51)41-28-31-52-47(34-41)54-42(18-11-21-53(54)57-52)37-14-5-2-6-15-37/h1-34H. The van der Waals surface area contributed by atoms with Gasteiger partial charge < -0.3 is 9.13 Å². The summed E-state index contributed by atoms with van der Waals surface area (Å²) in [7, 11) is 0. The van der Waals surface area contributed by atoms with Gasteiger partial charge in [-0.1, -0.05) is 133 Å². The monoisotopic (exact) mass is 742 g/mol. The highest BCUT2D eigenvalue weighted by Gasteiger charge is 2.18. The van der Waals surface area contributed by atoms with E-state index in [-0.39, 0.29) is 0 Å². The van der Waals surface area contributed by atoms with E-state index in [2.05, 4.69) is 215 Å². The minimum absolute atomic E-state index is 1.16. The molecule has 0 radical (unpaired) electrons. The number of fused-ring (bicyclic) bond motifs is 9. The number of hydrogen-bond acceptors (Lipinski definition) is 1. The molecule has 3 heteroatoms. The van der Waals surface area contributed by atoms with Crippen LogP contribution in [0.4, 0.5) is 0 Å². The average molecular weight is 743 g/mol. The van der Waals surface area contributed by atoms with E-state index < -0.39 is 0 Å². The van der Waals surface area contributed by atoms with Gasteiger partial charge in [-0.2, -0.15) is 0 Å². The SMILES string of the molecule is c1ccc(-c2ccc(-n3c4ccccc4c4cc(-c5ccc6c(c5)c5ccccc5n6-c5ccc6sc7cccc(-c8ccccc8)c7c6c5)ccc43)cc2)cc1. The molecule has 0 fully saturated rings. The van der Waals surface area contributed by atoms with Crippen molar-refractivity contribution in [1.82, 2.24) is 9.13 Å². The summed E-state index contributed by atoms with van der Waals surface area (Å²) >= 11 is 1.87. The van der Waals surface area contributed by atoms with Crippen LogP contribution in [0.1, 0.15) is 0 Å². The molecule has 0 aliphatic rings. The van der Waals surface area contributed by atoms with E-state index in [0.717, 1.165) is 5.69 Å². The fraction of sp³-hybridized carbons (Fsp3) is 0. The second-order valence-corrected chi connectivity index (χ2v) is 16.0. The smallest absolute Gasteiger partial charge is 0.0541 e. The van der Waals surface area contributed by atoms with Crippen molar-refractivity contribution in [2.75, 3.05) is 0 Å². The van der Waals surface area contributed by atoms with Crippen LogP contribution in [0.15, 0.2) is 206 Å². The molecule has 0 unspecified atom stereocenters. The van der Waals surface area contributed by atoms with Gasteiger partial charge in [-0.25, -0.2) is 0 Å². The first-order valence-electron chi connectivity index (χ1n) is 19.5. The van der Waals surface area contributed by atoms with Gasteiger partial charge in [0.15, 0.2) is 0 Å². The molecule has 0 spiro atoms. The van der Waals surface area contributed by atoms with Crippen molar-refractivity contribution < 1.29 is 0 Å². The predicted molar refractivity (Wildman–Crippen MR) is 244 cm³/mol. The van der Waals surface area contributed by atoms with E-state index in [9.17, 15) is 0 Å². The van der Waals surface area contributed by atoms with Crippen LogP contribution in [0.25, 0.3) is 109 Å². The highest BCUT2D eigenvalue weighted by atomic mass is 32.1. The number of hydrogen-bond donors (Lipinski definition) is 0. The maximum atomic E-state index is 2.45. The van der Waals surface area contributed by atoms with Gasteiger partial charge in [0, 0.05) is 53.1 Å². The van der Waals surface area contributed by atoms with Gasteiger partial charge in [-0.05, 0) is 106 Å². The molecule has 3 heterocycles. The zero-order valence-corrected chi connectivity index (χ0v) is 31.7. The summed E-state index contributed by atoms with van der Waals surface area (Å²) in [6.07, 6.45) is 0. The maximum absolute atomic E-state index is 2.45. The Hall–Kier alpha value is -7.20. The van der Waals surface area contributed by atoms with E-state index >= 15 is 0 Å². The molecule has 0 atom stereocenters. The molecule has 0 amide bonds. The molecule has 0 N–H and O–H groups in total. The van der Waals surface area contributed by atoms with Crippen LogP contribution in [0.3, 0.4) is 0 Å². The molecule has 0 saturated carbocycles. The van der Waals surface area contributed by atoms with E-state index in [4.69, 9.17) is 0 Å². The zero-order valence-electron chi connectivity index (χ0n) is 30.9. The highest BCUT2D eigenvalue weighted by molar-refractivity contribution is 7.26. The highest BCUT2D eigenvalue weighted by Crippen LogP contribution is 2.43. The fourth-order valence-electron chi connectivity index (χ4n) is 9.11. The Balaban J connectivity index is 0.995. The number of rotatable bonds is 5. The van der Waals surface area contributed by atoms with Crippen LogP contribution in [0, 0.1) is 0 Å². The Morgan fingerprint density at radius 1 is 0.281 bits per heavy atom. The third kappa shape index (κ3) is 5.03. The summed E-state index contributed by atoms with van der Waals surface area (Å²) in [6, 6.07) is 75.6. The van der Waals surface area contributed by atoms with Crippen molar-refractivity contribution in [2.24, 2.45) is 0 Å². The van der Waals surface area contributed by atoms with Crippen LogP contribution < -0.4 is 0 Å². The number of aromatic nitrogens is 2. The maximum Gasteiger partial charge on any atom is 0.0541 e. The Labute approximate surface area is 333 Å². The summed E-state index contributed by atoms with van der Waals surface area (Å²) in [4.78, 5) is 0. The Morgan fingerprint density at radius 3 is 1.44 bits per heavy atom. The first kappa shape index (κ1) is 32.1. The van der Waals surface area contributed by atoms with Gasteiger partial charge in [-0.3, -0.25) is 0 Å². The third-order valence-corrected chi connectivity index (χ3v) is 12.9. The van der Waals surface area contributed by atoms with Crippen LogP contribution >= 0.6 is 11.3 Å². The third-order valence-electron chi connectivity index (χ3n) is 11.7. The minimum Gasteiger partial charge on any atom is -0.309 e. The molecule has 2 nitrogen and oxygen atoms in total. The summed E-state index contributed by atoms with van der Waals surface area (Å²) in [5.74, 6) is 0. The number of para-hydroxylation sites is 2. The molecule has 57 heavy (non-hydrogen) atoms. The first-order valence-corrected chi connectivity index (χ1v) is 20.3. The van der Waals surface area contributed by atoms with Gasteiger partial charge in [0.1, 0.15) is 0 Å². The van der Waals surface area contributed by atoms with Crippen LogP contribution in [0.2, 0.25) is 0 Å². The summed E-state index contributed by atoms with van der Waals surface area (Å²) in [5, 5.41) is 7.65. The van der Waals surface area contributed by atoms with Gasteiger partial charge in [0.2, 0.25) is 0 Å². The van der Waals surface area contributed by atoms with E-state index in [0.29, 0.717) is 0 Å². The van der Waals surface area contributed by atoms with Crippen molar-refractivity contribution in [3.05, 3.63) is 206 Å². The topological polar surface area (TPSA) is 9.86 Å². The quantitative estimate of drug-likeness (QED) is 0.166. The van der Waals surface area contributed by atoms with E-state index in [1.54, 1.807) is 0 Å². The molecule has 0 aliphatic carbocycles.